The summed E-state index contributed by atoms with van der Waals surface area (Å²) in [6.45, 7) is 4.54. The predicted octanol–water partition coefficient (Wildman–Crippen LogP) is 12.4. The average molecular weight is 601 g/mol. The first-order chi connectivity index (χ1) is 21.5. The maximum absolute atomic E-state index is 15.4. The zero-order valence-corrected chi connectivity index (χ0v) is 26.4. The van der Waals surface area contributed by atoms with Gasteiger partial charge in [-0.2, -0.15) is 4.39 Å². The maximum atomic E-state index is 15.4. The molecular formula is C40H47F3O. The van der Waals surface area contributed by atoms with Crippen molar-refractivity contribution >= 4 is 5.57 Å². The normalized spacial score (nSPS) is 20.6. The van der Waals surface area contributed by atoms with Gasteiger partial charge in [0.1, 0.15) is 5.82 Å². The van der Waals surface area contributed by atoms with Crippen molar-refractivity contribution in [1.82, 2.24) is 0 Å². The number of unbranched alkanes of at least 4 members (excludes halogenated alkanes) is 2. The quantitative estimate of drug-likeness (QED) is 0.148. The van der Waals surface area contributed by atoms with E-state index in [2.05, 4.69) is 32.1 Å². The van der Waals surface area contributed by atoms with Gasteiger partial charge >= 0.3 is 0 Å². The molecule has 2 aliphatic rings. The van der Waals surface area contributed by atoms with E-state index in [1.165, 1.54) is 62.7 Å². The lowest BCUT2D eigenvalue weighted by Crippen LogP contribution is -2.23. The molecule has 3 aromatic carbocycles. The summed E-state index contributed by atoms with van der Waals surface area (Å²) >= 11 is 0. The van der Waals surface area contributed by atoms with Gasteiger partial charge in [-0.3, -0.25) is 0 Å². The Morgan fingerprint density at radius 1 is 0.773 bits per heavy atom. The van der Waals surface area contributed by atoms with E-state index in [-0.39, 0.29) is 17.1 Å². The second kappa shape index (κ2) is 15.6. The van der Waals surface area contributed by atoms with Gasteiger partial charge in [-0.05, 0) is 117 Å². The number of hydrogen-bond donors (Lipinski definition) is 0. The molecule has 3 aromatic rings. The van der Waals surface area contributed by atoms with E-state index >= 15 is 4.39 Å². The van der Waals surface area contributed by atoms with Crippen molar-refractivity contribution in [3.05, 3.63) is 95.8 Å². The third-order valence-electron chi connectivity index (χ3n) is 9.89. The molecule has 0 heterocycles. The summed E-state index contributed by atoms with van der Waals surface area (Å²) in [5.41, 5.74) is 4.10. The molecule has 234 valence electrons. The van der Waals surface area contributed by atoms with Crippen LogP contribution in [-0.2, 0) is 0 Å². The summed E-state index contributed by atoms with van der Waals surface area (Å²) in [4.78, 5) is 0. The fourth-order valence-electron chi connectivity index (χ4n) is 7.17. The van der Waals surface area contributed by atoms with Crippen LogP contribution < -0.4 is 4.74 Å². The minimum Gasteiger partial charge on any atom is -0.490 e. The van der Waals surface area contributed by atoms with E-state index in [1.54, 1.807) is 30.3 Å². The Morgan fingerprint density at radius 3 is 2.14 bits per heavy atom. The highest BCUT2D eigenvalue weighted by Crippen LogP contribution is 2.42. The Hall–Kier alpha value is -3.27. The van der Waals surface area contributed by atoms with E-state index in [1.807, 2.05) is 12.1 Å². The summed E-state index contributed by atoms with van der Waals surface area (Å²) in [6, 6.07) is 15.5. The van der Waals surface area contributed by atoms with E-state index in [0.29, 0.717) is 23.3 Å². The van der Waals surface area contributed by atoms with Gasteiger partial charge in [-0.1, -0.05) is 87.2 Å². The van der Waals surface area contributed by atoms with Crippen LogP contribution in [0.1, 0.15) is 96.5 Å². The summed E-state index contributed by atoms with van der Waals surface area (Å²) in [5, 5.41) is 0. The molecule has 0 aliphatic heterocycles. The second-order valence-electron chi connectivity index (χ2n) is 12.8. The van der Waals surface area contributed by atoms with E-state index in [0.717, 1.165) is 55.4 Å². The number of hydrogen-bond acceptors (Lipinski definition) is 1. The van der Waals surface area contributed by atoms with E-state index < -0.39 is 11.6 Å². The van der Waals surface area contributed by atoms with Crippen molar-refractivity contribution in [2.75, 3.05) is 6.61 Å². The summed E-state index contributed by atoms with van der Waals surface area (Å²) < 4.78 is 50.4. The standard InChI is InChI=1S/C40H47F3O/c1-3-5-7-9-28-10-12-29(13-11-28)30-14-16-31(17-15-30)34-22-23-35(37(41)27-34)32-18-20-33(21-19-32)36-24-25-38(40(43)39(36)42)44-26-8-6-4-2/h3,5,16,18-25,27-30H,4,6-15,17,26H2,1-2H3. The molecule has 44 heavy (non-hydrogen) atoms. The topological polar surface area (TPSA) is 9.23 Å². The van der Waals surface area contributed by atoms with Crippen LogP contribution in [0.2, 0.25) is 0 Å². The first kappa shape index (κ1) is 32.1. The van der Waals surface area contributed by atoms with E-state index in [9.17, 15) is 8.78 Å². The molecule has 1 nitrogen and oxygen atoms in total. The van der Waals surface area contributed by atoms with Crippen molar-refractivity contribution in [3.8, 4) is 28.0 Å². The number of rotatable bonds is 12. The van der Waals surface area contributed by atoms with Crippen molar-refractivity contribution in [2.24, 2.45) is 17.8 Å². The first-order valence-corrected chi connectivity index (χ1v) is 16.8. The molecule has 0 bridgehead atoms. The van der Waals surface area contributed by atoms with Crippen LogP contribution >= 0.6 is 0 Å². The highest BCUT2D eigenvalue weighted by atomic mass is 19.2. The monoisotopic (exact) mass is 600 g/mol. The fraction of sp³-hybridized carbons (Fsp3) is 0.450. The third kappa shape index (κ3) is 7.86. The van der Waals surface area contributed by atoms with Crippen LogP contribution in [0.25, 0.3) is 27.8 Å². The van der Waals surface area contributed by atoms with Crippen molar-refractivity contribution in [2.45, 2.75) is 90.9 Å². The second-order valence-corrected chi connectivity index (χ2v) is 12.8. The van der Waals surface area contributed by atoms with Gasteiger partial charge in [-0.15, -0.1) is 0 Å². The molecule has 0 radical (unpaired) electrons. The van der Waals surface area contributed by atoms with Gasteiger partial charge in [0.15, 0.2) is 11.6 Å². The molecule has 0 N–H and O–H groups in total. The SMILES string of the molecule is CC=CCCC1CCC(C2CC=C(c3ccc(-c4ccc(-c5ccc(OCCCCC)c(F)c5F)cc4)c(F)c3)CC2)CC1. The molecule has 0 amide bonds. The molecule has 1 atom stereocenters. The number of halogens is 3. The Balaban J connectivity index is 1.19. The zero-order chi connectivity index (χ0) is 30.9. The number of benzene rings is 3. The molecule has 2 aliphatic carbocycles. The molecular weight excluding hydrogens is 553 g/mol. The number of allylic oxidation sites excluding steroid dienone is 4. The van der Waals surface area contributed by atoms with Crippen molar-refractivity contribution in [3.63, 3.8) is 0 Å². The summed E-state index contributed by atoms with van der Waals surface area (Å²) in [7, 11) is 0. The Labute approximate surface area is 262 Å². The predicted molar refractivity (Wildman–Crippen MR) is 177 cm³/mol. The largest absolute Gasteiger partial charge is 0.490 e. The van der Waals surface area contributed by atoms with E-state index in [4.69, 9.17) is 4.74 Å². The van der Waals surface area contributed by atoms with Gasteiger partial charge in [0.05, 0.1) is 6.61 Å². The van der Waals surface area contributed by atoms with Gasteiger partial charge in [0.2, 0.25) is 5.82 Å². The molecule has 0 saturated heterocycles. The Morgan fingerprint density at radius 2 is 1.48 bits per heavy atom. The molecule has 1 fully saturated rings. The van der Waals surface area contributed by atoms with Gasteiger partial charge in [-0.25, -0.2) is 8.78 Å². The molecule has 0 aromatic heterocycles. The van der Waals surface area contributed by atoms with Gasteiger partial charge in [0, 0.05) is 11.1 Å². The fourth-order valence-corrected chi connectivity index (χ4v) is 7.17. The summed E-state index contributed by atoms with van der Waals surface area (Å²) in [6.07, 6.45) is 20.9. The van der Waals surface area contributed by atoms with Crippen LogP contribution in [0.3, 0.4) is 0 Å². The smallest absolute Gasteiger partial charge is 0.201 e. The highest BCUT2D eigenvalue weighted by molar-refractivity contribution is 5.74. The molecule has 1 saturated carbocycles. The molecule has 1 unspecified atom stereocenters. The summed E-state index contributed by atoms with van der Waals surface area (Å²) in [5.74, 6) is 0.239. The van der Waals surface area contributed by atoms with Crippen LogP contribution in [0, 0.1) is 35.2 Å². The highest BCUT2D eigenvalue weighted by Gasteiger charge is 2.28. The van der Waals surface area contributed by atoms with Gasteiger partial charge in [0.25, 0.3) is 0 Å². The van der Waals surface area contributed by atoms with Gasteiger partial charge < -0.3 is 4.74 Å². The van der Waals surface area contributed by atoms with Crippen LogP contribution in [-0.4, -0.2) is 6.61 Å². The van der Waals surface area contributed by atoms with Crippen molar-refractivity contribution in [1.29, 1.82) is 0 Å². The molecule has 0 spiro atoms. The zero-order valence-electron chi connectivity index (χ0n) is 26.4. The molecule has 4 heteroatoms. The minimum atomic E-state index is -0.976. The third-order valence-corrected chi connectivity index (χ3v) is 9.89. The molecule has 5 rings (SSSR count). The minimum absolute atomic E-state index is 0.0666. The lowest BCUT2D eigenvalue weighted by atomic mass is 9.70. The Kier molecular flexibility index (Phi) is 11.4. The van der Waals surface area contributed by atoms with Crippen LogP contribution in [0.15, 0.2) is 72.8 Å². The van der Waals surface area contributed by atoms with Crippen LogP contribution in [0.4, 0.5) is 13.2 Å². The Bertz CT molecular complexity index is 1430. The first-order valence-electron chi connectivity index (χ1n) is 16.8. The number of ether oxygens (including phenoxy) is 1. The lowest BCUT2D eigenvalue weighted by Gasteiger charge is -2.35. The van der Waals surface area contributed by atoms with Crippen LogP contribution in [0.5, 0.6) is 5.75 Å². The van der Waals surface area contributed by atoms with Crippen molar-refractivity contribution < 1.29 is 17.9 Å². The average Bonchev–Trinajstić information content (AvgIpc) is 3.06. The maximum Gasteiger partial charge on any atom is 0.201 e. The lowest BCUT2D eigenvalue weighted by molar-refractivity contribution is 0.190.